The van der Waals surface area contributed by atoms with Crippen molar-refractivity contribution in [1.82, 2.24) is 0 Å². The number of benzene rings is 1. The molecular formula is C18H26N2O2. The zero-order valence-electron chi connectivity index (χ0n) is 13.6. The van der Waals surface area contributed by atoms with Crippen LogP contribution in [0, 0.1) is 5.92 Å². The van der Waals surface area contributed by atoms with Gasteiger partial charge in [-0.3, -0.25) is 9.59 Å². The van der Waals surface area contributed by atoms with Crippen molar-refractivity contribution in [2.24, 2.45) is 5.92 Å². The van der Waals surface area contributed by atoms with Crippen LogP contribution in [0.5, 0.6) is 0 Å². The second kappa shape index (κ2) is 7.97. The Morgan fingerprint density at radius 2 is 2.09 bits per heavy atom. The van der Waals surface area contributed by atoms with Crippen molar-refractivity contribution in [2.75, 3.05) is 16.8 Å². The van der Waals surface area contributed by atoms with E-state index in [4.69, 9.17) is 0 Å². The number of nitrogens with one attached hydrogen (secondary N) is 1. The molecule has 4 heteroatoms. The molecule has 1 aliphatic rings. The van der Waals surface area contributed by atoms with E-state index in [2.05, 4.69) is 19.2 Å². The van der Waals surface area contributed by atoms with Crippen LogP contribution >= 0.6 is 0 Å². The standard InChI is InChI=1S/C18H26N2O2/c1-3-5-9-14(4-2)18(22)19-15-10-6-7-11-16(15)20-13-8-12-17(20)21/h6-7,10-11,14H,3-5,8-9,12-13H2,1-2H3,(H,19,22). The average Bonchev–Trinajstić information content (AvgIpc) is 2.94. The Labute approximate surface area is 132 Å². The maximum atomic E-state index is 12.5. The van der Waals surface area contributed by atoms with Crippen LogP contribution in [-0.2, 0) is 9.59 Å². The lowest BCUT2D eigenvalue weighted by Gasteiger charge is -2.21. The van der Waals surface area contributed by atoms with E-state index in [-0.39, 0.29) is 17.7 Å². The second-order valence-corrected chi connectivity index (χ2v) is 5.90. The molecule has 2 amide bonds. The van der Waals surface area contributed by atoms with E-state index in [1.165, 1.54) is 0 Å². The predicted molar refractivity (Wildman–Crippen MR) is 90.0 cm³/mol. The quantitative estimate of drug-likeness (QED) is 0.828. The molecule has 120 valence electrons. The summed E-state index contributed by atoms with van der Waals surface area (Å²) in [6.45, 7) is 4.92. The normalized spacial score (nSPS) is 15.9. The van der Waals surface area contributed by atoms with Crippen LogP contribution < -0.4 is 10.2 Å². The SMILES string of the molecule is CCCCC(CC)C(=O)Nc1ccccc1N1CCCC1=O. The van der Waals surface area contributed by atoms with Gasteiger partial charge in [-0.15, -0.1) is 0 Å². The van der Waals surface area contributed by atoms with Crippen LogP contribution in [0.1, 0.15) is 52.4 Å². The lowest BCUT2D eigenvalue weighted by molar-refractivity contribution is -0.120. The summed E-state index contributed by atoms with van der Waals surface area (Å²) in [6.07, 6.45) is 5.41. The molecule has 0 saturated carbocycles. The number of carbonyl (C=O) groups is 2. The maximum Gasteiger partial charge on any atom is 0.227 e. The average molecular weight is 302 g/mol. The van der Waals surface area contributed by atoms with E-state index < -0.39 is 0 Å². The monoisotopic (exact) mass is 302 g/mol. The van der Waals surface area contributed by atoms with Crippen LogP contribution in [0.25, 0.3) is 0 Å². The number of amides is 2. The van der Waals surface area contributed by atoms with Gasteiger partial charge in [0.2, 0.25) is 11.8 Å². The van der Waals surface area contributed by atoms with Crippen LogP contribution in [0.3, 0.4) is 0 Å². The maximum absolute atomic E-state index is 12.5. The number of rotatable bonds is 7. The number of carbonyl (C=O) groups excluding carboxylic acids is 2. The molecule has 22 heavy (non-hydrogen) atoms. The van der Waals surface area contributed by atoms with Crippen molar-refractivity contribution in [3.8, 4) is 0 Å². The summed E-state index contributed by atoms with van der Waals surface area (Å²) in [4.78, 5) is 26.2. The predicted octanol–water partition coefficient (Wildman–Crippen LogP) is 3.97. The molecule has 0 spiro atoms. The van der Waals surface area contributed by atoms with Gasteiger partial charge in [0.25, 0.3) is 0 Å². The second-order valence-electron chi connectivity index (χ2n) is 5.90. The molecular weight excluding hydrogens is 276 g/mol. The van der Waals surface area contributed by atoms with Gasteiger partial charge < -0.3 is 10.2 Å². The number of hydrogen-bond acceptors (Lipinski definition) is 2. The highest BCUT2D eigenvalue weighted by molar-refractivity contribution is 6.02. The molecule has 0 aromatic heterocycles. The summed E-state index contributed by atoms with van der Waals surface area (Å²) in [5.74, 6) is 0.247. The zero-order chi connectivity index (χ0) is 15.9. The molecule has 1 heterocycles. The fraction of sp³-hybridized carbons (Fsp3) is 0.556. The van der Waals surface area contributed by atoms with Crippen LogP contribution in [0.2, 0.25) is 0 Å². The minimum absolute atomic E-state index is 0.0438. The Kier molecular flexibility index (Phi) is 5.99. The Balaban J connectivity index is 2.12. The molecule has 1 saturated heterocycles. The van der Waals surface area contributed by atoms with Crippen molar-refractivity contribution in [2.45, 2.75) is 52.4 Å². The van der Waals surface area contributed by atoms with Crippen LogP contribution in [0.15, 0.2) is 24.3 Å². The van der Waals surface area contributed by atoms with Gasteiger partial charge in [-0.2, -0.15) is 0 Å². The summed E-state index contributed by atoms with van der Waals surface area (Å²) in [6, 6.07) is 7.59. The smallest absolute Gasteiger partial charge is 0.227 e. The van der Waals surface area contributed by atoms with Crippen molar-refractivity contribution in [3.05, 3.63) is 24.3 Å². The first-order valence-corrected chi connectivity index (χ1v) is 8.37. The summed E-state index contributed by atoms with van der Waals surface area (Å²) in [5, 5.41) is 3.04. The lowest BCUT2D eigenvalue weighted by atomic mass is 9.98. The van der Waals surface area contributed by atoms with Crippen molar-refractivity contribution in [1.29, 1.82) is 0 Å². The Morgan fingerprint density at radius 3 is 2.73 bits per heavy atom. The molecule has 0 aliphatic carbocycles. The fourth-order valence-electron chi connectivity index (χ4n) is 2.92. The molecule has 0 radical (unpaired) electrons. The molecule has 4 nitrogen and oxygen atoms in total. The summed E-state index contributed by atoms with van der Waals surface area (Å²) in [7, 11) is 0. The molecule has 1 aromatic carbocycles. The molecule has 1 unspecified atom stereocenters. The molecule has 1 aromatic rings. The summed E-state index contributed by atoms with van der Waals surface area (Å²) < 4.78 is 0. The molecule has 1 N–H and O–H groups in total. The molecule has 0 bridgehead atoms. The Bertz CT molecular complexity index is 528. The molecule has 1 atom stereocenters. The highest BCUT2D eigenvalue weighted by Gasteiger charge is 2.25. The van der Waals surface area contributed by atoms with E-state index in [0.717, 1.165) is 50.0 Å². The number of unbranched alkanes of at least 4 members (excludes halogenated alkanes) is 1. The van der Waals surface area contributed by atoms with E-state index in [1.807, 2.05) is 24.3 Å². The van der Waals surface area contributed by atoms with Gasteiger partial charge in [-0.25, -0.2) is 0 Å². The Morgan fingerprint density at radius 1 is 1.32 bits per heavy atom. The lowest BCUT2D eigenvalue weighted by Crippen LogP contribution is -2.27. The van der Waals surface area contributed by atoms with Crippen LogP contribution in [-0.4, -0.2) is 18.4 Å². The minimum atomic E-state index is 0.0438. The van der Waals surface area contributed by atoms with Crippen LogP contribution in [0.4, 0.5) is 11.4 Å². The third-order valence-corrected chi connectivity index (χ3v) is 4.30. The van der Waals surface area contributed by atoms with E-state index in [1.54, 1.807) is 4.90 Å². The highest BCUT2D eigenvalue weighted by atomic mass is 16.2. The van der Waals surface area contributed by atoms with Gasteiger partial charge in [-0.1, -0.05) is 38.8 Å². The number of hydrogen-bond donors (Lipinski definition) is 1. The van der Waals surface area contributed by atoms with Gasteiger partial charge in [0.15, 0.2) is 0 Å². The first-order valence-electron chi connectivity index (χ1n) is 8.37. The first-order chi connectivity index (χ1) is 10.7. The summed E-state index contributed by atoms with van der Waals surface area (Å²) >= 11 is 0. The van der Waals surface area contributed by atoms with Gasteiger partial charge in [0, 0.05) is 18.9 Å². The largest absolute Gasteiger partial charge is 0.324 e. The van der Waals surface area contributed by atoms with Gasteiger partial charge in [0.05, 0.1) is 11.4 Å². The van der Waals surface area contributed by atoms with Crippen molar-refractivity contribution >= 4 is 23.2 Å². The topological polar surface area (TPSA) is 49.4 Å². The summed E-state index contributed by atoms with van der Waals surface area (Å²) in [5.41, 5.74) is 1.57. The molecule has 1 fully saturated rings. The number of nitrogens with zero attached hydrogens (tertiary/aromatic N) is 1. The fourth-order valence-corrected chi connectivity index (χ4v) is 2.92. The van der Waals surface area contributed by atoms with Gasteiger partial charge >= 0.3 is 0 Å². The van der Waals surface area contributed by atoms with E-state index >= 15 is 0 Å². The third-order valence-electron chi connectivity index (χ3n) is 4.30. The van der Waals surface area contributed by atoms with Crippen molar-refractivity contribution in [3.63, 3.8) is 0 Å². The molecule has 2 rings (SSSR count). The molecule has 1 aliphatic heterocycles. The van der Waals surface area contributed by atoms with Gasteiger partial charge in [-0.05, 0) is 31.4 Å². The first kappa shape index (κ1) is 16.5. The minimum Gasteiger partial charge on any atom is -0.324 e. The zero-order valence-corrected chi connectivity index (χ0v) is 13.6. The van der Waals surface area contributed by atoms with E-state index in [9.17, 15) is 9.59 Å². The number of para-hydroxylation sites is 2. The Hall–Kier alpha value is -1.84. The number of anilines is 2. The van der Waals surface area contributed by atoms with Crippen molar-refractivity contribution < 1.29 is 9.59 Å². The highest BCUT2D eigenvalue weighted by Crippen LogP contribution is 2.30. The van der Waals surface area contributed by atoms with Gasteiger partial charge in [0.1, 0.15) is 0 Å². The van der Waals surface area contributed by atoms with E-state index in [0.29, 0.717) is 6.42 Å². The third kappa shape index (κ3) is 3.87.